The number of halogens is 1. The predicted octanol–water partition coefficient (Wildman–Crippen LogP) is 9.42. The van der Waals surface area contributed by atoms with Crippen LogP contribution < -0.4 is 41.6 Å². The van der Waals surface area contributed by atoms with Crippen LogP contribution in [0.15, 0.2) is 91.0 Å². The van der Waals surface area contributed by atoms with Gasteiger partial charge in [0.2, 0.25) is 0 Å². The summed E-state index contributed by atoms with van der Waals surface area (Å²) >= 11 is 6.06. The van der Waals surface area contributed by atoms with Crippen LogP contribution in [-0.2, 0) is 32.5 Å². The number of nitrogen functional groups attached to an aromatic ring is 1. The summed E-state index contributed by atoms with van der Waals surface area (Å²) in [6.07, 6.45) is 1.00. The first kappa shape index (κ1) is 67.5. The number of carbonyl (C=O) groups excluding carboxylic acids is 4. The molecule has 3 aliphatic rings. The minimum atomic E-state index is -0.601. The van der Waals surface area contributed by atoms with Crippen LogP contribution in [0.5, 0.6) is 17.2 Å². The molecule has 0 fully saturated rings. The molecule has 0 aliphatic carbocycles. The molecule has 6 aromatic heterocycles. The number of aryl methyl sites for hydroxylation is 6. The van der Waals surface area contributed by atoms with Crippen LogP contribution in [0.2, 0.25) is 5.15 Å². The average molecular weight is 1300 g/mol. The Bertz CT molecular complexity index is 4520. The minimum absolute atomic E-state index is 0.0966. The van der Waals surface area contributed by atoms with Crippen molar-refractivity contribution in [2.45, 2.75) is 74.0 Å². The van der Waals surface area contributed by atoms with Gasteiger partial charge in [-0.25, -0.2) is 34.9 Å². The van der Waals surface area contributed by atoms with Crippen molar-refractivity contribution in [2.75, 3.05) is 64.2 Å². The predicted molar refractivity (Wildman–Crippen MR) is 356 cm³/mol. The number of rotatable bonds is 14. The van der Waals surface area contributed by atoms with Crippen LogP contribution in [0, 0.1) is 64.2 Å². The zero-order valence-electron chi connectivity index (χ0n) is 54.3. The topological polar surface area (TPSA) is 357 Å². The van der Waals surface area contributed by atoms with Crippen molar-refractivity contribution in [1.82, 2.24) is 59.6 Å². The number of anilines is 7. The number of amides is 4. The molecule has 0 spiro atoms. The van der Waals surface area contributed by atoms with E-state index in [1.165, 1.54) is 21.3 Å². The Morgan fingerprint density at radius 2 is 0.853 bits per heavy atom. The lowest BCUT2D eigenvalue weighted by atomic mass is 10.1. The lowest BCUT2D eigenvalue weighted by molar-refractivity contribution is 0.0809. The van der Waals surface area contributed by atoms with E-state index in [0.717, 1.165) is 45.7 Å². The molecule has 3 aliphatic heterocycles. The van der Waals surface area contributed by atoms with E-state index in [-0.39, 0.29) is 23.3 Å². The first-order valence-electron chi connectivity index (χ1n) is 29.5. The summed E-state index contributed by atoms with van der Waals surface area (Å²) in [6.45, 7) is 12.6. The van der Waals surface area contributed by atoms with Crippen molar-refractivity contribution in [1.29, 1.82) is 10.5 Å². The number of ether oxygens (including phenoxy) is 3. The quantitative estimate of drug-likeness (QED) is 0.0632. The Kier molecular flexibility index (Phi) is 20.7. The van der Waals surface area contributed by atoms with Crippen molar-refractivity contribution >= 4 is 75.2 Å². The maximum absolute atomic E-state index is 12.8. The van der Waals surface area contributed by atoms with Gasteiger partial charge in [-0.05, 0) is 108 Å². The second-order valence-electron chi connectivity index (χ2n) is 22.3. The normalized spacial score (nSPS) is 12.3. The molecule has 0 bridgehead atoms. The molecular formula is C68H68ClN19O7. The number of para-hydroxylation sites is 3. The average Bonchev–Trinajstić information content (AvgIpc) is 1.68. The number of pyridine rings is 3. The number of carbonyl (C=O) groups is 4. The largest absolute Gasteiger partial charge is 0.494 e. The van der Waals surface area contributed by atoms with E-state index >= 15 is 0 Å². The standard InChI is InChI=1S/C23H24N6O3.C23H22N6O2.C16H13ClN4O2.C6H9N3/c1-12-8-14(26-13(2)25-12)9-15-10-18(20-19(27-15)11-29(3)23(20)31)28-17-7-5-6-16(22(24)30)21(17)32-4;1-13-8-16(26-14(2)25-13)9-17-10-19(21-20(27-17)12-29(3)23(21)30)28-18-7-5-6-15(11-24)22(18)31-4;1-21-8-12-14(16(21)22)11(6-13(17)20-12)19-10-5-3-4-9(7-18)15(10)23-2;1-4-3-6(7)9-5(2)8-4/h5-8,10H,9,11H2,1-4H3,(H2,24,30)(H,27,28);5-8,10H,9,12H2,1-4H3,(H,27,28);3-6H,8H2,1-2H3,(H,19,20);3H,1-2H3,(H2,7,8,9). The number of benzene rings is 3. The Balaban J connectivity index is 0.000000158. The van der Waals surface area contributed by atoms with Crippen molar-refractivity contribution in [3.8, 4) is 29.4 Å². The summed E-state index contributed by atoms with van der Waals surface area (Å²) in [7, 11) is 9.67. The van der Waals surface area contributed by atoms with Crippen LogP contribution in [0.4, 0.5) is 39.9 Å². The molecule has 26 nitrogen and oxygen atoms in total. The van der Waals surface area contributed by atoms with Gasteiger partial charge in [0.05, 0.1) is 137 Å². The first-order chi connectivity index (χ1) is 45.4. The highest BCUT2D eigenvalue weighted by molar-refractivity contribution is 6.30. The van der Waals surface area contributed by atoms with Crippen molar-refractivity contribution < 1.29 is 33.4 Å². The van der Waals surface area contributed by atoms with Crippen LogP contribution in [0.25, 0.3) is 0 Å². The highest BCUT2D eigenvalue weighted by Gasteiger charge is 2.33. The van der Waals surface area contributed by atoms with Gasteiger partial charge in [0.25, 0.3) is 23.6 Å². The number of hydrogen-bond donors (Lipinski definition) is 5. The van der Waals surface area contributed by atoms with E-state index in [1.807, 2.05) is 71.9 Å². The van der Waals surface area contributed by atoms with Gasteiger partial charge in [-0.15, -0.1) is 0 Å². The fraction of sp³-hybridized carbons (Fsp3) is 0.250. The summed E-state index contributed by atoms with van der Waals surface area (Å²) in [5.74, 6) is 2.89. The minimum Gasteiger partial charge on any atom is -0.494 e. The van der Waals surface area contributed by atoms with Crippen molar-refractivity contribution in [3.63, 3.8) is 0 Å². The van der Waals surface area contributed by atoms with E-state index in [0.29, 0.717) is 151 Å². The molecule has 9 heterocycles. The smallest absolute Gasteiger partial charge is 0.257 e. The number of hydrogen-bond acceptors (Lipinski definition) is 22. The molecule has 0 saturated carbocycles. The van der Waals surface area contributed by atoms with E-state index in [2.05, 4.69) is 63.0 Å². The van der Waals surface area contributed by atoms with Gasteiger partial charge in [0, 0.05) is 68.5 Å². The van der Waals surface area contributed by atoms with Crippen molar-refractivity contribution in [2.24, 2.45) is 5.73 Å². The molecule has 4 amide bonds. The number of aromatic nitrogens is 9. The molecule has 0 atom stereocenters. The Morgan fingerprint density at radius 1 is 0.495 bits per heavy atom. The van der Waals surface area contributed by atoms with Crippen LogP contribution in [-0.4, -0.2) is 126 Å². The van der Waals surface area contributed by atoms with Crippen LogP contribution >= 0.6 is 11.6 Å². The lowest BCUT2D eigenvalue weighted by Gasteiger charge is -2.16. The zero-order valence-corrected chi connectivity index (χ0v) is 55.1. The maximum atomic E-state index is 12.8. The molecule has 3 aromatic carbocycles. The summed E-state index contributed by atoms with van der Waals surface area (Å²) in [4.78, 5) is 93.8. The van der Waals surface area contributed by atoms with Gasteiger partial charge in [0.15, 0.2) is 17.2 Å². The number of nitrogens with zero attached hydrogens (tertiary/aromatic N) is 14. The van der Waals surface area contributed by atoms with Crippen LogP contribution in [0.1, 0.15) is 127 Å². The molecule has 484 valence electrons. The molecule has 9 aromatic rings. The fourth-order valence-electron chi connectivity index (χ4n) is 11.1. The fourth-order valence-corrected chi connectivity index (χ4v) is 11.3. The highest BCUT2D eigenvalue weighted by atomic mass is 35.5. The van der Waals surface area contributed by atoms with Gasteiger partial charge in [0.1, 0.15) is 40.6 Å². The van der Waals surface area contributed by atoms with Gasteiger partial charge < -0.3 is 56.3 Å². The number of nitrogens with two attached hydrogens (primary N) is 2. The lowest BCUT2D eigenvalue weighted by Crippen LogP contribution is -2.18. The Hall–Kier alpha value is -11.9. The second kappa shape index (κ2) is 29.2. The number of methoxy groups -OCH3 is 3. The van der Waals surface area contributed by atoms with Gasteiger partial charge in [-0.2, -0.15) is 10.5 Å². The SMILES string of the molecule is COc1c(C#N)cccc1Nc1cc(Cc2cc(C)nc(C)n2)nc2c1C(=O)N(C)C2.COc1c(C#N)cccc1Nc1cc(Cl)nc2c1C(=O)N(C)C2.COc1c(Nc2cc(Cc3cc(C)nc(C)n3)nc3c2C(=O)N(C)C3)cccc1C(N)=O.Cc1cc(N)nc(C)n1. The molecule has 0 saturated heterocycles. The van der Waals surface area contributed by atoms with E-state index in [9.17, 15) is 24.4 Å². The summed E-state index contributed by atoms with van der Waals surface area (Å²) in [6, 6.07) is 30.6. The number of fused-ring (bicyclic) bond motifs is 3. The van der Waals surface area contributed by atoms with Gasteiger partial charge in [-0.1, -0.05) is 29.8 Å². The van der Waals surface area contributed by atoms with Gasteiger partial charge in [-0.3, -0.25) is 29.1 Å². The maximum Gasteiger partial charge on any atom is 0.257 e. The van der Waals surface area contributed by atoms with Crippen LogP contribution in [0.3, 0.4) is 0 Å². The van der Waals surface area contributed by atoms with E-state index in [4.69, 9.17) is 52.5 Å². The second-order valence-corrected chi connectivity index (χ2v) is 22.7. The number of nitriles is 2. The number of nitrogens with one attached hydrogen (secondary N) is 3. The molecule has 12 rings (SSSR count). The summed E-state index contributed by atoms with van der Waals surface area (Å²) in [5.41, 5.74) is 24.9. The van der Waals surface area contributed by atoms with E-state index in [1.54, 1.807) is 96.5 Å². The molecule has 27 heteroatoms. The zero-order chi connectivity index (χ0) is 68.5. The monoisotopic (exact) mass is 1300 g/mol. The third-order valence-corrected chi connectivity index (χ3v) is 15.1. The summed E-state index contributed by atoms with van der Waals surface area (Å²) in [5, 5.41) is 28.6. The third kappa shape index (κ3) is 15.5. The molecule has 0 radical (unpaired) electrons. The molecule has 7 N–H and O–H groups in total. The summed E-state index contributed by atoms with van der Waals surface area (Å²) < 4.78 is 16.2. The highest BCUT2D eigenvalue weighted by Crippen LogP contribution is 2.39. The van der Waals surface area contributed by atoms with Crippen molar-refractivity contribution in [3.05, 3.63) is 204 Å². The molecular weight excluding hydrogens is 1230 g/mol. The molecule has 95 heavy (non-hydrogen) atoms. The number of primary amides is 1. The Morgan fingerprint density at radius 3 is 1.22 bits per heavy atom. The third-order valence-electron chi connectivity index (χ3n) is 14.9. The first-order valence-corrected chi connectivity index (χ1v) is 29.9. The molecule has 0 unspecified atom stereocenters. The van der Waals surface area contributed by atoms with E-state index < -0.39 is 5.91 Å². The Labute approximate surface area is 553 Å². The van der Waals surface area contributed by atoms with Gasteiger partial charge >= 0.3 is 0 Å².